The third-order valence-electron chi connectivity index (χ3n) is 2.44. The van der Waals surface area contributed by atoms with Crippen molar-refractivity contribution in [3.63, 3.8) is 0 Å². The number of nitrogens with one attached hydrogen (secondary N) is 2. The van der Waals surface area contributed by atoms with Crippen molar-refractivity contribution in [1.82, 2.24) is 4.98 Å². The lowest BCUT2D eigenvalue weighted by atomic mass is 10.3. The van der Waals surface area contributed by atoms with Crippen molar-refractivity contribution >= 4 is 23.3 Å². The third-order valence-corrected chi connectivity index (χ3v) is 2.44. The molecule has 8 heteroatoms. The van der Waals surface area contributed by atoms with E-state index < -0.39 is 4.92 Å². The van der Waals surface area contributed by atoms with Gasteiger partial charge in [-0.15, -0.1) is 0 Å². The van der Waals surface area contributed by atoms with Crippen LogP contribution in [0.4, 0.5) is 17.3 Å². The summed E-state index contributed by atoms with van der Waals surface area (Å²) in [7, 11) is 1.31. The number of hydrogen-bond donors (Lipinski definition) is 2. The summed E-state index contributed by atoms with van der Waals surface area (Å²) in [6.07, 6.45) is 1.05. The van der Waals surface area contributed by atoms with E-state index in [1.165, 1.54) is 19.2 Å². The van der Waals surface area contributed by atoms with Crippen LogP contribution in [-0.2, 0) is 9.53 Å². The van der Waals surface area contributed by atoms with Gasteiger partial charge in [0.1, 0.15) is 11.6 Å². The van der Waals surface area contributed by atoms with E-state index in [9.17, 15) is 14.9 Å². The predicted molar refractivity (Wildman–Crippen MR) is 74.8 cm³/mol. The number of anilines is 2. The van der Waals surface area contributed by atoms with E-state index >= 15 is 0 Å². The Labute approximate surface area is 116 Å². The summed E-state index contributed by atoms with van der Waals surface area (Å²) in [4.78, 5) is 25.6. The Morgan fingerprint density at radius 3 is 2.45 bits per heavy atom. The van der Waals surface area contributed by atoms with Crippen LogP contribution >= 0.6 is 0 Å². The minimum Gasteiger partial charge on any atom is -0.469 e. The number of nitro groups is 1. The van der Waals surface area contributed by atoms with Gasteiger partial charge in [0.05, 0.1) is 30.6 Å². The number of pyridine rings is 1. The van der Waals surface area contributed by atoms with Crippen LogP contribution in [0.25, 0.3) is 0 Å². The standard InChI is InChI=1S/C12H18N4O4/c1-3-5-13-10-7-9(16(18)19)8-11(15-10)14-6-4-12(17)20-2/h7-8H,3-6H2,1-2H3,(H2,13,14,15). The van der Waals surface area contributed by atoms with Crippen molar-refractivity contribution in [3.05, 3.63) is 22.2 Å². The maximum atomic E-state index is 11.0. The van der Waals surface area contributed by atoms with Gasteiger partial charge >= 0.3 is 5.97 Å². The zero-order valence-electron chi connectivity index (χ0n) is 11.5. The van der Waals surface area contributed by atoms with E-state index in [0.717, 1.165) is 6.42 Å². The van der Waals surface area contributed by atoms with Gasteiger partial charge in [0, 0.05) is 13.1 Å². The molecule has 1 aromatic heterocycles. The number of carbonyl (C=O) groups is 1. The van der Waals surface area contributed by atoms with Crippen molar-refractivity contribution in [2.24, 2.45) is 0 Å². The molecule has 0 amide bonds. The number of esters is 1. The summed E-state index contributed by atoms with van der Waals surface area (Å²) < 4.78 is 4.51. The molecule has 1 heterocycles. The summed E-state index contributed by atoms with van der Waals surface area (Å²) in [5.74, 6) is 0.426. The van der Waals surface area contributed by atoms with Crippen LogP contribution in [0, 0.1) is 10.1 Å². The highest BCUT2D eigenvalue weighted by Crippen LogP contribution is 2.20. The SMILES string of the molecule is CCCNc1cc([N+](=O)[O-])cc(NCCC(=O)OC)n1. The molecule has 1 rings (SSSR count). The summed E-state index contributed by atoms with van der Waals surface area (Å²) in [5.41, 5.74) is -0.0563. The van der Waals surface area contributed by atoms with Crippen LogP contribution < -0.4 is 10.6 Å². The Bertz CT molecular complexity index is 479. The van der Waals surface area contributed by atoms with Gasteiger partial charge in [-0.05, 0) is 6.42 Å². The maximum Gasteiger partial charge on any atom is 0.307 e. The highest BCUT2D eigenvalue weighted by molar-refractivity contribution is 5.69. The monoisotopic (exact) mass is 282 g/mol. The molecule has 0 fully saturated rings. The van der Waals surface area contributed by atoms with Crippen LogP contribution in [0.15, 0.2) is 12.1 Å². The molecule has 110 valence electrons. The van der Waals surface area contributed by atoms with Crippen molar-refractivity contribution in [3.8, 4) is 0 Å². The van der Waals surface area contributed by atoms with Gasteiger partial charge in [0.15, 0.2) is 0 Å². The number of carbonyl (C=O) groups excluding carboxylic acids is 1. The van der Waals surface area contributed by atoms with Crippen LogP contribution in [0.1, 0.15) is 19.8 Å². The normalized spacial score (nSPS) is 9.90. The number of hydrogen-bond acceptors (Lipinski definition) is 7. The first-order chi connectivity index (χ1) is 9.56. The second kappa shape index (κ2) is 7.93. The van der Waals surface area contributed by atoms with Crippen LogP contribution in [0.2, 0.25) is 0 Å². The quantitative estimate of drug-likeness (QED) is 0.425. The van der Waals surface area contributed by atoms with E-state index in [2.05, 4.69) is 20.4 Å². The molecule has 0 radical (unpaired) electrons. The van der Waals surface area contributed by atoms with E-state index in [0.29, 0.717) is 24.7 Å². The minimum absolute atomic E-state index is 0.0563. The average molecular weight is 282 g/mol. The van der Waals surface area contributed by atoms with Gasteiger partial charge in [-0.3, -0.25) is 14.9 Å². The zero-order chi connectivity index (χ0) is 15.0. The molecule has 0 aliphatic carbocycles. The fourth-order valence-electron chi connectivity index (χ4n) is 1.45. The first-order valence-corrected chi connectivity index (χ1v) is 6.27. The molecule has 0 unspecified atom stereocenters. The first kappa shape index (κ1) is 15.7. The van der Waals surface area contributed by atoms with E-state index in [-0.39, 0.29) is 18.1 Å². The lowest BCUT2D eigenvalue weighted by molar-refractivity contribution is -0.384. The lowest BCUT2D eigenvalue weighted by Gasteiger charge is -2.08. The maximum absolute atomic E-state index is 11.0. The minimum atomic E-state index is -0.482. The highest BCUT2D eigenvalue weighted by Gasteiger charge is 2.11. The lowest BCUT2D eigenvalue weighted by Crippen LogP contribution is -2.11. The number of aromatic nitrogens is 1. The van der Waals surface area contributed by atoms with Crippen molar-refractivity contribution in [2.75, 3.05) is 30.8 Å². The molecule has 0 saturated carbocycles. The van der Waals surface area contributed by atoms with Gasteiger partial charge in [0.25, 0.3) is 5.69 Å². The fourth-order valence-corrected chi connectivity index (χ4v) is 1.45. The molecule has 0 aliphatic rings. The molecule has 1 aromatic rings. The number of rotatable bonds is 8. The van der Waals surface area contributed by atoms with Gasteiger partial charge in [-0.1, -0.05) is 6.92 Å². The second-order valence-electron chi connectivity index (χ2n) is 4.03. The number of nitrogens with zero attached hydrogens (tertiary/aromatic N) is 2. The number of ether oxygens (including phenoxy) is 1. The summed E-state index contributed by atoms with van der Waals surface area (Å²) in [5, 5.41) is 16.7. The molecular formula is C12H18N4O4. The topological polar surface area (TPSA) is 106 Å². The molecule has 0 aromatic carbocycles. The van der Waals surface area contributed by atoms with Gasteiger partial charge in [-0.2, -0.15) is 0 Å². The summed E-state index contributed by atoms with van der Waals surface area (Å²) in [6, 6.07) is 2.70. The van der Waals surface area contributed by atoms with Crippen molar-refractivity contribution < 1.29 is 14.5 Å². The summed E-state index contributed by atoms with van der Waals surface area (Å²) in [6.45, 7) is 2.96. The Hall–Kier alpha value is -2.38. The molecule has 0 spiro atoms. The van der Waals surface area contributed by atoms with Crippen LogP contribution in [-0.4, -0.2) is 36.1 Å². The molecule has 2 N–H and O–H groups in total. The average Bonchev–Trinajstić information content (AvgIpc) is 2.44. The molecular weight excluding hydrogens is 264 g/mol. The smallest absolute Gasteiger partial charge is 0.307 e. The number of methoxy groups -OCH3 is 1. The molecule has 0 saturated heterocycles. The van der Waals surface area contributed by atoms with Crippen molar-refractivity contribution in [2.45, 2.75) is 19.8 Å². The zero-order valence-corrected chi connectivity index (χ0v) is 11.5. The summed E-state index contributed by atoms with van der Waals surface area (Å²) >= 11 is 0. The molecule has 20 heavy (non-hydrogen) atoms. The Kier molecular flexibility index (Phi) is 6.21. The van der Waals surface area contributed by atoms with Crippen molar-refractivity contribution in [1.29, 1.82) is 0 Å². The van der Waals surface area contributed by atoms with Gasteiger partial charge < -0.3 is 15.4 Å². The van der Waals surface area contributed by atoms with E-state index in [4.69, 9.17) is 0 Å². The molecule has 0 aliphatic heterocycles. The van der Waals surface area contributed by atoms with Crippen LogP contribution in [0.5, 0.6) is 0 Å². The van der Waals surface area contributed by atoms with E-state index in [1.54, 1.807) is 0 Å². The molecule has 0 bridgehead atoms. The Balaban J connectivity index is 2.75. The van der Waals surface area contributed by atoms with E-state index in [1.807, 2.05) is 6.92 Å². The van der Waals surface area contributed by atoms with Crippen LogP contribution in [0.3, 0.4) is 0 Å². The second-order valence-corrected chi connectivity index (χ2v) is 4.03. The molecule has 0 atom stereocenters. The molecule has 8 nitrogen and oxygen atoms in total. The predicted octanol–water partition coefficient (Wildman–Crippen LogP) is 1.79. The third kappa shape index (κ3) is 5.09. The van der Waals surface area contributed by atoms with Gasteiger partial charge in [-0.25, -0.2) is 4.98 Å². The van der Waals surface area contributed by atoms with Gasteiger partial charge in [0.2, 0.25) is 0 Å². The largest absolute Gasteiger partial charge is 0.469 e. The highest BCUT2D eigenvalue weighted by atomic mass is 16.6. The fraction of sp³-hybridized carbons (Fsp3) is 0.500. The Morgan fingerprint density at radius 2 is 1.95 bits per heavy atom. The first-order valence-electron chi connectivity index (χ1n) is 6.27. The Morgan fingerprint density at radius 1 is 1.35 bits per heavy atom.